The molecule has 1 saturated heterocycles. The summed E-state index contributed by atoms with van der Waals surface area (Å²) in [6.45, 7) is 2.62. The van der Waals surface area contributed by atoms with Crippen molar-refractivity contribution in [2.24, 2.45) is 5.92 Å². The maximum atomic E-state index is 13.0. The summed E-state index contributed by atoms with van der Waals surface area (Å²) in [5, 5.41) is 3.61. The van der Waals surface area contributed by atoms with Gasteiger partial charge in [0.1, 0.15) is 5.75 Å². The normalized spacial score (nSPS) is 16.8. The smallest absolute Gasteiger partial charge is 0.228 e. The van der Waals surface area contributed by atoms with E-state index in [1.807, 2.05) is 36.4 Å². The molecule has 1 heterocycles. The lowest BCUT2D eigenvalue weighted by Gasteiger charge is -2.32. The molecule has 4 nitrogen and oxygen atoms in total. The van der Waals surface area contributed by atoms with Crippen molar-refractivity contribution < 1.29 is 9.53 Å². The van der Waals surface area contributed by atoms with Crippen LogP contribution in [-0.4, -0.2) is 23.9 Å². The number of benzene rings is 3. The second-order valence-corrected chi connectivity index (χ2v) is 8.04. The van der Waals surface area contributed by atoms with E-state index in [-0.39, 0.29) is 11.8 Å². The van der Waals surface area contributed by atoms with Gasteiger partial charge in [-0.1, -0.05) is 60.1 Å². The molecule has 30 heavy (non-hydrogen) atoms. The Kier molecular flexibility index (Phi) is 6.67. The largest absolute Gasteiger partial charge is 0.455 e. The standard InChI is InChI=1S/C25H25ClN2O2/c26-21-13-14-24(30-22-11-5-2-6-12-22)23(16-21)27-25(29)20-10-7-15-28(18-20)17-19-8-3-1-4-9-19/h1-6,8-9,11-14,16,20H,7,10,15,17-18H2,(H,27,29)/t20-/m1/s1. The monoisotopic (exact) mass is 420 g/mol. The zero-order valence-electron chi connectivity index (χ0n) is 16.8. The van der Waals surface area contributed by atoms with Crippen LogP contribution in [0.4, 0.5) is 5.69 Å². The van der Waals surface area contributed by atoms with Crippen molar-refractivity contribution in [1.82, 2.24) is 4.90 Å². The molecule has 1 amide bonds. The Labute approximate surface area is 182 Å². The van der Waals surface area contributed by atoms with Crippen molar-refractivity contribution in [2.45, 2.75) is 19.4 Å². The molecule has 1 aliphatic rings. The minimum Gasteiger partial charge on any atom is -0.455 e. The lowest BCUT2D eigenvalue weighted by Crippen LogP contribution is -2.40. The van der Waals surface area contributed by atoms with Crippen LogP contribution in [-0.2, 0) is 11.3 Å². The van der Waals surface area contributed by atoms with Crippen LogP contribution in [0, 0.1) is 5.92 Å². The van der Waals surface area contributed by atoms with Crippen LogP contribution < -0.4 is 10.1 Å². The van der Waals surface area contributed by atoms with Crippen LogP contribution in [0.2, 0.25) is 5.02 Å². The highest BCUT2D eigenvalue weighted by Crippen LogP contribution is 2.33. The summed E-state index contributed by atoms with van der Waals surface area (Å²) in [6.07, 6.45) is 1.89. The molecule has 3 aromatic carbocycles. The molecule has 1 aliphatic heterocycles. The summed E-state index contributed by atoms with van der Waals surface area (Å²) in [5.41, 5.74) is 1.86. The number of nitrogens with one attached hydrogen (secondary N) is 1. The summed E-state index contributed by atoms with van der Waals surface area (Å²) in [6, 6.07) is 25.2. The fourth-order valence-electron chi connectivity index (χ4n) is 3.79. The SMILES string of the molecule is O=C(Nc1cc(Cl)ccc1Oc1ccccc1)[C@@H]1CCCN(Cc2ccccc2)C1. The summed E-state index contributed by atoms with van der Waals surface area (Å²) in [4.78, 5) is 15.4. The number of rotatable bonds is 6. The maximum Gasteiger partial charge on any atom is 0.228 e. The van der Waals surface area contributed by atoms with Gasteiger partial charge in [0.2, 0.25) is 5.91 Å². The number of hydrogen-bond donors (Lipinski definition) is 1. The van der Waals surface area contributed by atoms with E-state index < -0.39 is 0 Å². The highest BCUT2D eigenvalue weighted by Gasteiger charge is 2.26. The van der Waals surface area contributed by atoms with E-state index in [0.29, 0.717) is 22.2 Å². The van der Waals surface area contributed by atoms with Gasteiger partial charge in [-0.3, -0.25) is 9.69 Å². The molecule has 0 radical (unpaired) electrons. The average Bonchev–Trinajstić information content (AvgIpc) is 2.77. The van der Waals surface area contributed by atoms with Crippen LogP contribution in [0.15, 0.2) is 78.9 Å². The van der Waals surface area contributed by atoms with Crippen LogP contribution in [0.5, 0.6) is 11.5 Å². The van der Waals surface area contributed by atoms with E-state index in [1.165, 1.54) is 5.56 Å². The van der Waals surface area contributed by atoms with Gasteiger partial charge >= 0.3 is 0 Å². The van der Waals surface area contributed by atoms with Gasteiger partial charge in [-0.2, -0.15) is 0 Å². The Hall–Kier alpha value is -2.82. The zero-order chi connectivity index (χ0) is 20.8. The molecule has 154 valence electrons. The molecule has 3 aromatic rings. The molecule has 1 N–H and O–H groups in total. The van der Waals surface area contributed by atoms with E-state index in [0.717, 1.165) is 32.5 Å². The van der Waals surface area contributed by atoms with Gasteiger partial charge < -0.3 is 10.1 Å². The van der Waals surface area contributed by atoms with Crippen LogP contribution in [0.25, 0.3) is 0 Å². The molecule has 1 fully saturated rings. The maximum absolute atomic E-state index is 13.0. The number of para-hydroxylation sites is 1. The number of halogens is 1. The highest BCUT2D eigenvalue weighted by molar-refractivity contribution is 6.31. The molecule has 0 aromatic heterocycles. The van der Waals surface area contributed by atoms with Crippen LogP contribution in [0.1, 0.15) is 18.4 Å². The number of carbonyl (C=O) groups excluding carboxylic acids is 1. The van der Waals surface area contributed by atoms with Gasteiger partial charge in [-0.15, -0.1) is 0 Å². The van der Waals surface area contributed by atoms with E-state index >= 15 is 0 Å². The van der Waals surface area contributed by atoms with E-state index in [1.54, 1.807) is 18.2 Å². The second-order valence-electron chi connectivity index (χ2n) is 7.60. The Morgan fingerprint density at radius 1 is 1.03 bits per heavy atom. The first kappa shape index (κ1) is 20.5. The van der Waals surface area contributed by atoms with Crippen molar-refractivity contribution in [3.8, 4) is 11.5 Å². The first-order valence-corrected chi connectivity index (χ1v) is 10.6. The third-order valence-electron chi connectivity index (χ3n) is 5.30. The van der Waals surface area contributed by atoms with Gasteiger partial charge in [0.25, 0.3) is 0 Å². The molecule has 5 heteroatoms. The predicted molar refractivity (Wildman–Crippen MR) is 121 cm³/mol. The molecule has 1 atom stereocenters. The van der Waals surface area contributed by atoms with Gasteiger partial charge in [0, 0.05) is 18.1 Å². The Morgan fingerprint density at radius 2 is 1.77 bits per heavy atom. The Balaban J connectivity index is 1.43. The van der Waals surface area contributed by atoms with Gasteiger partial charge in [-0.05, 0) is 55.3 Å². The van der Waals surface area contributed by atoms with Crippen LogP contribution in [0.3, 0.4) is 0 Å². The number of hydrogen-bond acceptors (Lipinski definition) is 3. The van der Waals surface area contributed by atoms with Crippen LogP contribution >= 0.6 is 11.6 Å². The lowest BCUT2D eigenvalue weighted by atomic mass is 9.96. The van der Waals surface area contributed by atoms with E-state index in [4.69, 9.17) is 16.3 Å². The minimum atomic E-state index is -0.0639. The van der Waals surface area contributed by atoms with Crippen molar-refractivity contribution >= 4 is 23.2 Å². The van der Waals surface area contributed by atoms with Crippen molar-refractivity contribution in [2.75, 3.05) is 18.4 Å². The predicted octanol–water partition coefficient (Wildman–Crippen LogP) is 5.98. The summed E-state index contributed by atoms with van der Waals surface area (Å²) < 4.78 is 5.97. The minimum absolute atomic E-state index is 0.00735. The third-order valence-corrected chi connectivity index (χ3v) is 5.53. The fraction of sp³-hybridized carbons (Fsp3) is 0.240. The number of carbonyl (C=O) groups is 1. The van der Waals surface area contributed by atoms with Crippen molar-refractivity contribution in [3.63, 3.8) is 0 Å². The average molecular weight is 421 g/mol. The van der Waals surface area contributed by atoms with Crippen molar-refractivity contribution in [3.05, 3.63) is 89.4 Å². The molecule has 0 aliphatic carbocycles. The number of likely N-dealkylation sites (tertiary alicyclic amines) is 1. The lowest BCUT2D eigenvalue weighted by molar-refractivity contribution is -0.121. The quantitative estimate of drug-likeness (QED) is 0.533. The molecule has 0 spiro atoms. The molecule has 4 rings (SSSR count). The fourth-order valence-corrected chi connectivity index (χ4v) is 3.97. The summed E-state index contributed by atoms with van der Waals surface area (Å²) >= 11 is 6.19. The molecule has 0 unspecified atom stereocenters. The summed E-state index contributed by atoms with van der Waals surface area (Å²) in [7, 11) is 0. The van der Waals surface area contributed by atoms with Gasteiger partial charge in [-0.25, -0.2) is 0 Å². The first-order valence-electron chi connectivity index (χ1n) is 10.3. The third kappa shape index (κ3) is 5.41. The highest BCUT2D eigenvalue weighted by atomic mass is 35.5. The first-order chi connectivity index (χ1) is 14.7. The number of anilines is 1. The summed E-state index contributed by atoms with van der Waals surface area (Å²) in [5.74, 6) is 1.23. The van der Waals surface area contributed by atoms with Gasteiger partial charge in [0.05, 0.1) is 11.6 Å². The van der Waals surface area contributed by atoms with Gasteiger partial charge in [0.15, 0.2) is 5.75 Å². The number of nitrogens with zero attached hydrogens (tertiary/aromatic N) is 1. The molecule has 0 bridgehead atoms. The molecule has 0 saturated carbocycles. The second kappa shape index (κ2) is 9.79. The Bertz CT molecular complexity index is 979. The topological polar surface area (TPSA) is 41.6 Å². The van der Waals surface area contributed by atoms with E-state index in [2.05, 4.69) is 34.5 Å². The molecular weight excluding hydrogens is 396 g/mol. The number of ether oxygens (including phenoxy) is 1. The number of piperidine rings is 1. The zero-order valence-corrected chi connectivity index (χ0v) is 17.5. The number of amides is 1. The van der Waals surface area contributed by atoms with Crippen molar-refractivity contribution in [1.29, 1.82) is 0 Å². The van der Waals surface area contributed by atoms with E-state index in [9.17, 15) is 4.79 Å². The Morgan fingerprint density at radius 3 is 2.53 bits per heavy atom. The molecular formula is C25H25ClN2O2.